The van der Waals surface area contributed by atoms with E-state index in [9.17, 15) is 0 Å². The van der Waals surface area contributed by atoms with Gasteiger partial charge in [-0.2, -0.15) is 0 Å². The van der Waals surface area contributed by atoms with Crippen LogP contribution in [0.1, 0.15) is 37.8 Å². The Morgan fingerprint density at radius 2 is 2.19 bits per heavy atom. The van der Waals surface area contributed by atoms with Gasteiger partial charge in [-0.15, -0.1) is 0 Å². The molecule has 4 atom stereocenters. The predicted molar refractivity (Wildman–Crippen MR) is 85.1 cm³/mol. The Bertz CT molecular complexity index is 587. The third-order valence-corrected chi connectivity index (χ3v) is 6.25. The van der Waals surface area contributed by atoms with Gasteiger partial charge in [0.05, 0.1) is 7.11 Å². The summed E-state index contributed by atoms with van der Waals surface area (Å²) in [5.41, 5.74) is 3.74. The summed E-state index contributed by atoms with van der Waals surface area (Å²) in [6.45, 7) is 7.02. The summed E-state index contributed by atoms with van der Waals surface area (Å²) in [7, 11) is 4.05. The molecule has 2 bridgehead atoms. The molecule has 1 aromatic carbocycles. The Kier molecular flexibility index (Phi) is 2.74. The van der Waals surface area contributed by atoms with Crippen molar-refractivity contribution in [3.63, 3.8) is 0 Å². The number of benzene rings is 1. The van der Waals surface area contributed by atoms with Gasteiger partial charge in [-0.25, -0.2) is 0 Å². The van der Waals surface area contributed by atoms with Crippen molar-refractivity contribution in [2.45, 2.75) is 49.6 Å². The molecule has 0 amide bonds. The molecule has 1 saturated carbocycles. The van der Waals surface area contributed by atoms with E-state index in [4.69, 9.17) is 4.74 Å². The lowest BCUT2D eigenvalue weighted by Gasteiger charge is -2.57. The molecular weight excluding hydrogens is 260 g/mol. The Balaban J connectivity index is 1.82. The minimum Gasteiger partial charge on any atom is -0.497 e. The van der Waals surface area contributed by atoms with Gasteiger partial charge in [-0.05, 0) is 49.7 Å². The minimum absolute atomic E-state index is 0.245. The highest BCUT2D eigenvalue weighted by atomic mass is 16.5. The fourth-order valence-corrected chi connectivity index (χ4v) is 5.59. The number of hydrogen-bond donors (Lipinski definition) is 1. The molecule has 114 valence electrons. The zero-order valence-electron chi connectivity index (χ0n) is 13.6. The van der Waals surface area contributed by atoms with Crippen LogP contribution in [0.2, 0.25) is 0 Å². The first-order chi connectivity index (χ1) is 10.1. The van der Waals surface area contributed by atoms with Gasteiger partial charge in [-0.3, -0.25) is 4.90 Å². The van der Waals surface area contributed by atoms with E-state index in [1.54, 1.807) is 12.7 Å². The number of nitrogens with zero attached hydrogens (tertiary/aromatic N) is 1. The number of methoxy groups -OCH3 is 1. The van der Waals surface area contributed by atoms with Gasteiger partial charge < -0.3 is 10.1 Å². The van der Waals surface area contributed by atoms with Crippen molar-refractivity contribution in [3.05, 3.63) is 29.3 Å². The van der Waals surface area contributed by atoms with Gasteiger partial charge in [0.1, 0.15) is 5.75 Å². The van der Waals surface area contributed by atoms with Gasteiger partial charge in [0.2, 0.25) is 0 Å². The molecule has 21 heavy (non-hydrogen) atoms. The van der Waals surface area contributed by atoms with Crippen LogP contribution >= 0.6 is 0 Å². The Hall–Kier alpha value is -1.06. The van der Waals surface area contributed by atoms with Gasteiger partial charge in [0.15, 0.2) is 0 Å². The normalized spacial score (nSPS) is 39.8. The number of fused-ring (bicyclic) bond motifs is 3. The first kappa shape index (κ1) is 13.6. The largest absolute Gasteiger partial charge is 0.497 e. The Morgan fingerprint density at radius 3 is 2.86 bits per heavy atom. The molecule has 1 N–H and O–H groups in total. The lowest BCUT2D eigenvalue weighted by Crippen LogP contribution is -2.70. The maximum atomic E-state index is 5.48. The molecule has 2 aliphatic carbocycles. The van der Waals surface area contributed by atoms with Crippen LogP contribution in [-0.4, -0.2) is 44.2 Å². The molecule has 1 unspecified atom stereocenters. The zero-order chi connectivity index (χ0) is 14.8. The van der Waals surface area contributed by atoms with Crippen LogP contribution in [0.25, 0.3) is 0 Å². The average molecular weight is 286 g/mol. The molecule has 4 rings (SSSR count). The van der Waals surface area contributed by atoms with Crippen LogP contribution in [0, 0.1) is 0 Å². The third kappa shape index (κ3) is 1.46. The minimum atomic E-state index is 0.245. The van der Waals surface area contributed by atoms with E-state index in [2.05, 4.69) is 49.3 Å². The van der Waals surface area contributed by atoms with Crippen molar-refractivity contribution >= 4 is 0 Å². The van der Waals surface area contributed by atoms with E-state index >= 15 is 0 Å². The first-order valence-corrected chi connectivity index (χ1v) is 8.19. The number of hydrogen-bond acceptors (Lipinski definition) is 3. The highest BCUT2D eigenvalue weighted by molar-refractivity contribution is 5.58. The maximum absolute atomic E-state index is 5.48. The lowest BCUT2D eigenvalue weighted by molar-refractivity contribution is 0.0135. The van der Waals surface area contributed by atoms with Crippen LogP contribution in [-0.2, 0) is 10.8 Å². The van der Waals surface area contributed by atoms with Crippen LogP contribution in [0.5, 0.6) is 5.75 Å². The van der Waals surface area contributed by atoms with Crippen LogP contribution in [0.3, 0.4) is 0 Å². The molecule has 0 radical (unpaired) electrons. The van der Waals surface area contributed by atoms with E-state index in [1.807, 2.05) is 0 Å². The molecule has 1 spiro atoms. The number of likely N-dealkylation sites (N-methyl/N-ethyl adjacent to an activating group) is 1. The molecular formula is C18H26N2O. The number of rotatable bonds is 4. The second-order valence-electron chi connectivity index (χ2n) is 7.45. The summed E-state index contributed by atoms with van der Waals surface area (Å²) in [4.78, 5) is 2.55. The van der Waals surface area contributed by atoms with Crippen LogP contribution < -0.4 is 10.1 Å². The topological polar surface area (TPSA) is 24.5 Å². The third-order valence-electron chi connectivity index (χ3n) is 6.25. The molecule has 1 heterocycles. The number of likely N-dealkylation sites (tertiary alicyclic amines) is 1. The quantitative estimate of drug-likeness (QED) is 0.919. The summed E-state index contributed by atoms with van der Waals surface area (Å²) in [5, 5.41) is 3.86. The highest BCUT2D eigenvalue weighted by Crippen LogP contribution is 2.66. The molecule has 1 aromatic rings. The van der Waals surface area contributed by atoms with Crippen molar-refractivity contribution in [2.24, 2.45) is 0 Å². The second kappa shape index (κ2) is 4.23. The molecule has 2 fully saturated rings. The molecule has 3 nitrogen and oxygen atoms in total. The molecule has 1 saturated heterocycles. The fraction of sp³-hybridized carbons (Fsp3) is 0.667. The predicted octanol–water partition coefficient (Wildman–Crippen LogP) is 2.29. The van der Waals surface area contributed by atoms with Crippen molar-refractivity contribution in [1.29, 1.82) is 0 Å². The van der Waals surface area contributed by atoms with Crippen LogP contribution in [0.15, 0.2) is 18.2 Å². The van der Waals surface area contributed by atoms with Crippen molar-refractivity contribution in [3.8, 4) is 5.75 Å². The van der Waals surface area contributed by atoms with E-state index in [1.165, 1.54) is 24.9 Å². The number of nitrogens with one attached hydrogen (secondary N) is 1. The van der Waals surface area contributed by atoms with Gasteiger partial charge >= 0.3 is 0 Å². The summed E-state index contributed by atoms with van der Waals surface area (Å²) < 4.78 is 5.48. The van der Waals surface area contributed by atoms with E-state index < -0.39 is 0 Å². The summed E-state index contributed by atoms with van der Waals surface area (Å²) >= 11 is 0. The van der Waals surface area contributed by atoms with Crippen molar-refractivity contribution in [2.75, 3.05) is 27.2 Å². The highest BCUT2D eigenvalue weighted by Gasteiger charge is 2.71. The Morgan fingerprint density at radius 1 is 1.38 bits per heavy atom. The van der Waals surface area contributed by atoms with E-state index in [0.717, 1.165) is 12.3 Å². The summed E-state index contributed by atoms with van der Waals surface area (Å²) in [6, 6.07) is 7.99. The van der Waals surface area contributed by atoms with Gasteiger partial charge in [0, 0.05) is 29.5 Å². The average Bonchev–Trinajstić information content (AvgIpc) is 2.85. The lowest BCUT2D eigenvalue weighted by atomic mass is 9.65. The van der Waals surface area contributed by atoms with E-state index in [0.29, 0.717) is 17.5 Å². The smallest absolute Gasteiger partial charge is 0.119 e. The SMILES string of the molecule is CCCN[C@H]1[C@@H]2N(C)CC23C[C@]1(C)c1cc(OC)ccc13. The first-order valence-electron chi connectivity index (χ1n) is 8.19. The molecule has 1 aliphatic heterocycles. The maximum Gasteiger partial charge on any atom is 0.119 e. The standard InChI is InChI=1S/C18H26N2O/c1-5-8-19-15-16-18(11-20(16)3)10-17(15,2)14-9-12(21-4)6-7-13(14)18/h6-7,9,15-16,19H,5,8,10-11H2,1-4H3/t15-,16-,17+,18?/m0/s1. The van der Waals surface area contributed by atoms with Gasteiger partial charge in [0.25, 0.3) is 0 Å². The summed E-state index contributed by atoms with van der Waals surface area (Å²) in [6.07, 6.45) is 2.49. The Labute approximate surface area is 127 Å². The molecule has 3 heteroatoms. The van der Waals surface area contributed by atoms with Gasteiger partial charge in [-0.1, -0.05) is 19.9 Å². The molecule has 0 aromatic heterocycles. The van der Waals surface area contributed by atoms with Crippen molar-refractivity contribution < 1.29 is 4.74 Å². The number of ether oxygens (including phenoxy) is 1. The fourth-order valence-electron chi connectivity index (χ4n) is 5.59. The second-order valence-corrected chi connectivity index (χ2v) is 7.45. The zero-order valence-corrected chi connectivity index (χ0v) is 13.6. The molecule has 3 aliphatic rings. The van der Waals surface area contributed by atoms with Crippen molar-refractivity contribution in [1.82, 2.24) is 10.2 Å². The summed E-state index contributed by atoms with van der Waals surface area (Å²) in [5.74, 6) is 0.998. The van der Waals surface area contributed by atoms with E-state index in [-0.39, 0.29) is 5.41 Å². The monoisotopic (exact) mass is 286 g/mol. The van der Waals surface area contributed by atoms with Crippen LogP contribution in [0.4, 0.5) is 0 Å².